The Labute approximate surface area is 161 Å². The fraction of sp³-hybridized carbons (Fsp3) is 0.100. The van der Waals surface area contributed by atoms with Crippen LogP contribution in [0.1, 0.15) is 5.82 Å². The average Bonchev–Trinajstić information content (AvgIpc) is 3.37. The van der Waals surface area contributed by atoms with Crippen LogP contribution < -0.4 is 10.6 Å². The van der Waals surface area contributed by atoms with E-state index in [1.165, 1.54) is 0 Å². The summed E-state index contributed by atoms with van der Waals surface area (Å²) in [4.78, 5) is 25.0. The van der Waals surface area contributed by atoms with Crippen LogP contribution in [0, 0.1) is 6.92 Å². The Morgan fingerprint density at radius 3 is 2.50 bits per heavy atom. The Kier molecular flexibility index (Phi) is 4.83. The molecule has 0 atom stereocenters. The second-order valence-corrected chi connectivity index (χ2v) is 6.23. The number of hydrogen-bond donors (Lipinski definition) is 2. The quantitative estimate of drug-likeness (QED) is 0.542. The molecule has 4 rings (SSSR count). The maximum atomic E-state index is 12.1. The van der Waals surface area contributed by atoms with Gasteiger partial charge >= 0.3 is 0 Å². The van der Waals surface area contributed by atoms with Crippen LogP contribution in [0.15, 0.2) is 73.6 Å². The molecule has 0 radical (unpaired) electrons. The summed E-state index contributed by atoms with van der Waals surface area (Å²) in [7, 11) is 0. The van der Waals surface area contributed by atoms with Crippen molar-refractivity contribution in [1.82, 2.24) is 24.1 Å². The van der Waals surface area contributed by atoms with Crippen molar-refractivity contribution < 1.29 is 4.79 Å². The monoisotopic (exact) mass is 373 g/mol. The Bertz CT molecular complexity index is 1050. The maximum absolute atomic E-state index is 12.1. The van der Waals surface area contributed by atoms with Gasteiger partial charge in [0.1, 0.15) is 30.3 Å². The van der Waals surface area contributed by atoms with E-state index in [2.05, 4.69) is 25.6 Å². The minimum Gasteiger partial charge on any atom is -0.345 e. The number of hydrogen-bond acceptors (Lipinski definition) is 5. The third-order valence-corrected chi connectivity index (χ3v) is 4.03. The van der Waals surface area contributed by atoms with Gasteiger partial charge < -0.3 is 15.2 Å². The van der Waals surface area contributed by atoms with Crippen molar-refractivity contribution in [3.05, 3.63) is 79.4 Å². The summed E-state index contributed by atoms with van der Waals surface area (Å²) < 4.78 is 3.64. The van der Waals surface area contributed by atoms with E-state index >= 15 is 0 Å². The number of anilines is 3. The van der Waals surface area contributed by atoms with Crippen molar-refractivity contribution in [1.29, 1.82) is 0 Å². The zero-order chi connectivity index (χ0) is 19.3. The molecular weight excluding hydrogens is 354 g/mol. The molecule has 1 aromatic carbocycles. The van der Waals surface area contributed by atoms with Crippen LogP contribution in [-0.2, 0) is 11.3 Å². The molecule has 1 amide bonds. The van der Waals surface area contributed by atoms with Gasteiger partial charge in [0.2, 0.25) is 5.91 Å². The number of nitrogens with one attached hydrogen (secondary N) is 2. The van der Waals surface area contributed by atoms with Gasteiger partial charge in [-0.2, -0.15) is 0 Å². The van der Waals surface area contributed by atoms with Gasteiger partial charge in [-0.3, -0.25) is 9.36 Å². The molecule has 0 saturated heterocycles. The molecule has 0 aliphatic heterocycles. The number of nitrogens with zero attached hydrogens (tertiary/aromatic N) is 5. The zero-order valence-corrected chi connectivity index (χ0v) is 15.3. The Morgan fingerprint density at radius 2 is 1.79 bits per heavy atom. The van der Waals surface area contributed by atoms with Gasteiger partial charge in [-0.1, -0.05) is 0 Å². The predicted octanol–water partition coefficient (Wildman–Crippen LogP) is 3.15. The highest BCUT2D eigenvalue weighted by atomic mass is 16.1. The molecule has 140 valence electrons. The van der Waals surface area contributed by atoms with Gasteiger partial charge in [0, 0.05) is 42.2 Å². The summed E-state index contributed by atoms with van der Waals surface area (Å²) in [5.74, 6) is 2.00. The lowest BCUT2D eigenvalue weighted by Gasteiger charge is -2.10. The minimum absolute atomic E-state index is 0.0756. The summed E-state index contributed by atoms with van der Waals surface area (Å²) in [6.07, 6.45) is 8.93. The second-order valence-electron chi connectivity index (χ2n) is 6.23. The number of aromatic nitrogens is 5. The van der Waals surface area contributed by atoms with Gasteiger partial charge in [0.25, 0.3) is 0 Å². The van der Waals surface area contributed by atoms with Crippen LogP contribution >= 0.6 is 0 Å². The normalized spacial score (nSPS) is 10.6. The Balaban J connectivity index is 1.42. The number of benzene rings is 1. The maximum Gasteiger partial charge on any atom is 0.244 e. The fourth-order valence-corrected chi connectivity index (χ4v) is 2.77. The van der Waals surface area contributed by atoms with Crippen molar-refractivity contribution >= 4 is 23.1 Å². The molecule has 0 fully saturated rings. The summed E-state index contributed by atoms with van der Waals surface area (Å²) in [6.45, 7) is 2.12. The predicted molar refractivity (Wildman–Crippen MR) is 107 cm³/mol. The zero-order valence-electron chi connectivity index (χ0n) is 15.3. The number of carbonyl (C=O) groups is 1. The highest BCUT2D eigenvalue weighted by Gasteiger charge is 2.06. The van der Waals surface area contributed by atoms with Crippen LogP contribution in [-0.4, -0.2) is 30.0 Å². The summed E-state index contributed by atoms with van der Waals surface area (Å²) in [5.41, 5.74) is 1.60. The molecule has 0 spiro atoms. The second kappa shape index (κ2) is 7.75. The molecule has 0 aliphatic carbocycles. The molecular formula is C20H19N7O. The van der Waals surface area contributed by atoms with Gasteiger partial charge in [0.15, 0.2) is 0 Å². The Morgan fingerprint density at radius 1 is 1.04 bits per heavy atom. The van der Waals surface area contributed by atoms with E-state index < -0.39 is 0 Å². The molecule has 28 heavy (non-hydrogen) atoms. The van der Waals surface area contributed by atoms with Crippen LogP contribution in [0.2, 0.25) is 0 Å². The first-order chi connectivity index (χ1) is 13.7. The van der Waals surface area contributed by atoms with Gasteiger partial charge in [0.05, 0.1) is 0 Å². The van der Waals surface area contributed by atoms with Crippen molar-refractivity contribution in [2.75, 3.05) is 10.6 Å². The van der Waals surface area contributed by atoms with Crippen molar-refractivity contribution in [3.63, 3.8) is 0 Å². The molecule has 3 aromatic heterocycles. The molecule has 0 unspecified atom stereocenters. The summed E-state index contributed by atoms with van der Waals surface area (Å²) >= 11 is 0. The van der Waals surface area contributed by atoms with E-state index in [0.29, 0.717) is 11.6 Å². The topological polar surface area (TPSA) is 89.7 Å². The lowest BCUT2D eigenvalue weighted by Crippen LogP contribution is -2.17. The first-order valence-electron chi connectivity index (χ1n) is 8.77. The van der Waals surface area contributed by atoms with Crippen LogP contribution in [0.4, 0.5) is 17.2 Å². The lowest BCUT2D eigenvalue weighted by atomic mass is 10.2. The first-order valence-corrected chi connectivity index (χ1v) is 8.77. The van der Waals surface area contributed by atoms with Gasteiger partial charge in [-0.15, -0.1) is 0 Å². The minimum atomic E-state index is -0.0756. The summed E-state index contributed by atoms with van der Waals surface area (Å²) in [6, 6.07) is 13.1. The highest BCUT2D eigenvalue weighted by molar-refractivity contribution is 5.90. The van der Waals surface area contributed by atoms with E-state index in [9.17, 15) is 4.79 Å². The van der Waals surface area contributed by atoms with Crippen molar-refractivity contribution in [3.8, 4) is 5.82 Å². The van der Waals surface area contributed by atoms with E-state index in [1.54, 1.807) is 12.5 Å². The first kappa shape index (κ1) is 17.5. The lowest BCUT2D eigenvalue weighted by molar-refractivity contribution is -0.116. The van der Waals surface area contributed by atoms with Gasteiger partial charge in [-0.05, 0) is 43.3 Å². The third-order valence-electron chi connectivity index (χ3n) is 4.03. The smallest absolute Gasteiger partial charge is 0.244 e. The molecule has 0 bridgehead atoms. The van der Waals surface area contributed by atoms with E-state index in [4.69, 9.17) is 0 Å². The number of rotatable bonds is 6. The number of amides is 1. The average molecular weight is 373 g/mol. The van der Waals surface area contributed by atoms with Gasteiger partial charge in [-0.25, -0.2) is 15.0 Å². The van der Waals surface area contributed by atoms with Crippen LogP contribution in [0.25, 0.3) is 5.82 Å². The SMILES string of the molecule is Cc1nc(Nc2ccc(NC(=O)Cn3cccc3)cc2)cc(-n2ccnc2)n1. The largest absolute Gasteiger partial charge is 0.345 e. The highest BCUT2D eigenvalue weighted by Crippen LogP contribution is 2.19. The Hall–Kier alpha value is -3.94. The molecule has 8 heteroatoms. The standard InChI is InChI=1S/C20H19N7O/c1-15-22-18(12-19(23-15)27-11-8-21-14-27)24-16-4-6-17(7-5-16)25-20(28)13-26-9-2-3-10-26/h2-12,14H,13H2,1H3,(H,25,28)(H,22,23,24). The number of aryl methyl sites for hydroxylation is 1. The van der Waals surface area contributed by atoms with E-state index in [1.807, 2.05) is 77.1 Å². The number of imidazole rings is 1. The third kappa shape index (κ3) is 4.24. The molecule has 0 aliphatic rings. The molecule has 4 aromatic rings. The van der Waals surface area contributed by atoms with Crippen LogP contribution in [0.3, 0.4) is 0 Å². The molecule has 3 heterocycles. The molecule has 0 saturated carbocycles. The fourth-order valence-electron chi connectivity index (χ4n) is 2.77. The number of carbonyl (C=O) groups excluding carboxylic acids is 1. The molecule has 8 nitrogen and oxygen atoms in total. The van der Waals surface area contributed by atoms with E-state index in [-0.39, 0.29) is 12.5 Å². The molecule has 2 N–H and O–H groups in total. The van der Waals surface area contributed by atoms with Crippen molar-refractivity contribution in [2.24, 2.45) is 0 Å². The van der Waals surface area contributed by atoms with Crippen LogP contribution in [0.5, 0.6) is 0 Å². The summed E-state index contributed by atoms with van der Waals surface area (Å²) in [5, 5.41) is 6.15. The van der Waals surface area contributed by atoms with Crippen molar-refractivity contribution in [2.45, 2.75) is 13.5 Å². The van der Waals surface area contributed by atoms with E-state index in [0.717, 1.165) is 17.2 Å².